The van der Waals surface area contributed by atoms with Crippen LogP contribution in [0.5, 0.6) is 0 Å². The Hall–Kier alpha value is -3.05. The maximum Gasteiger partial charge on any atom is 0.251 e. The number of hydrogen-bond donors (Lipinski definition) is 2. The zero-order valence-corrected chi connectivity index (χ0v) is 19.9. The molecule has 3 aromatic carbocycles. The molecule has 0 aromatic heterocycles. The lowest BCUT2D eigenvalue weighted by Crippen LogP contribution is -2.27. The Labute approximate surface area is 194 Å². The number of benzene rings is 3. The van der Waals surface area contributed by atoms with Gasteiger partial charge in [0.15, 0.2) is 0 Å². The van der Waals surface area contributed by atoms with Gasteiger partial charge in [-0.3, -0.25) is 9.59 Å². The Morgan fingerprint density at radius 1 is 0.875 bits per heavy atom. The van der Waals surface area contributed by atoms with Gasteiger partial charge in [-0.1, -0.05) is 74.9 Å². The fourth-order valence-electron chi connectivity index (χ4n) is 3.08. The summed E-state index contributed by atoms with van der Waals surface area (Å²) in [5.41, 5.74) is 4.30. The van der Waals surface area contributed by atoms with Crippen LogP contribution in [0.2, 0.25) is 0 Å². The fraction of sp³-hybridized carbons (Fsp3) is 0.259. The molecule has 5 heteroatoms. The van der Waals surface area contributed by atoms with Crippen molar-refractivity contribution in [3.63, 3.8) is 0 Å². The van der Waals surface area contributed by atoms with Gasteiger partial charge < -0.3 is 10.6 Å². The van der Waals surface area contributed by atoms with Gasteiger partial charge in [-0.15, -0.1) is 11.8 Å². The number of rotatable bonds is 7. The van der Waals surface area contributed by atoms with Crippen molar-refractivity contribution in [3.05, 3.63) is 95.1 Å². The van der Waals surface area contributed by atoms with Crippen LogP contribution in [-0.4, -0.2) is 11.8 Å². The maximum atomic E-state index is 12.6. The number of nitrogens with one attached hydrogen (secondary N) is 2. The summed E-state index contributed by atoms with van der Waals surface area (Å²) in [6, 6.07) is 23.6. The standard InChI is InChI=1S/C27H30N2O2S/c1-19-9-7-10-20(15-19)17-28-25(30)22-12-8-11-21(16-22)18-32-24-14-6-5-13-23(24)29-26(31)27(2,3)4/h5-16H,17-18H2,1-4H3,(H,28,30)(H,29,31). The third-order valence-electron chi connectivity index (χ3n) is 4.94. The molecule has 0 fully saturated rings. The molecule has 0 saturated heterocycles. The largest absolute Gasteiger partial charge is 0.348 e. The summed E-state index contributed by atoms with van der Waals surface area (Å²) in [4.78, 5) is 26.0. The third kappa shape index (κ3) is 6.72. The Morgan fingerprint density at radius 2 is 1.59 bits per heavy atom. The van der Waals surface area contributed by atoms with Crippen LogP contribution in [0.4, 0.5) is 5.69 Å². The van der Waals surface area contributed by atoms with Gasteiger partial charge in [0.05, 0.1) is 5.69 Å². The zero-order chi connectivity index (χ0) is 23.1. The molecule has 4 nitrogen and oxygen atoms in total. The van der Waals surface area contributed by atoms with Crippen LogP contribution in [0.15, 0.2) is 77.7 Å². The second-order valence-electron chi connectivity index (χ2n) is 8.86. The SMILES string of the molecule is Cc1cccc(CNC(=O)c2cccc(CSc3ccccc3NC(=O)C(C)(C)C)c2)c1. The first-order chi connectivity index (χ1) is 15.2. The molecule has 32 heavy (non-hydrogen) atoms. The van der Waals surface area contributed by atoms with Crippen molar-refractivity contribution in [2.75, 3.05) is 5.32 Å². The van der Waals surface area contributed by atoms with Crippen molar-refractivity contribution in [1.29, 1.82) is 0 Å². The molecule has 0 saturated carbocycles. The Kier molecular flexibility index (Phi) is 7.75. The van der Waals surface area contributed by atoms with E-state index in [-0.39, 0.29) is 11.8 Å². The maximum absolute atomic E-state index is 12.6. The van der Waals surface area contributed by atoms with E-state index in [1.165, 1.54) is 5.56 Å². The molecule has 0 aliphatic heterocycles. The van der Waals surface area contributed by atoms with Crippen molar-refractivity contribution in [2.24, 2.45) is 5.41 Å². The summed E-state index contributed by atoms with van der Waals surface area (Å²) in [5, 5.41) is 6.02. The van der Waals surface area contributed by atoms with E-state index in [0.29, 0.717) is 17.9 Å². The molecule has 3 aromatic rings. The Morgan fingerprint density at radius 3 is 2.34 bits per heavy atom. The topological polar surface area (TPSA) is 58.2 Å². The van der Waals surface area contributed by atoms with Crippen LogP contribution in [0.25, 0.3) is 0 Å². The minimum Gasteiger partial charge on any atom is -0.348 e. The minimum absolute atomic E-state index is 0.0159. The highest BCUT2D eigenvalue weighted by atomic mass is 32.2. The number of carbonyl (C=O) groups is 2. The van der Waals surface area contributed by atoms with Gasteiger partial charge >= 0.3 is 0 Å². The third-order valence-corrected chi connectivity index (χ3v) is 6.08. The molecule has 2 amide bonds. The predicted octanol–water partition coefficient (Wildman–Crippen LogP) is 6.20. The van der Waals surface area contributed by atoms with Gasteiger partial charge in [0.25, 0.3) is 5.91 Å². The molecule has 0 spiro atoms. The van der Waals surface area contributed by atoms with Crippen LogP contribution < -0.4 is 10.6 Å². The minimum atomic E-state index is -0.460. The molecule has 0 heterocycles. The van der Waals surface area contributed by atoms with Crippen molar-refractivity contribution in [2.45, 2.75) is 44.9 Å². The van der Waals surface area contributed by atoms with Crippen LogP contribution in [0.1, 0.15) is 47.8 Å². The molecular formula is C27H30N2O2S. The first-order valence-corrected chi connectivity index (χ1v) is 11.7. The van der Waals surface area contributed by atoms with E-state index in [1.807, 2.05) is 94.4 Å². The van der Waals surface area contributed by atoms with E-state index in [0.717, 1.165) is 21.7 Å². The smallest absolute Gasteiger partial charge is 0.251 e. The number of para-hydroxylation sites is 1. The second kappa shape index (κ2) is 10.5. The summed E-state index contributed by atoms with van der Waals surface area (Å²) in [6.45, 7) is 8.23. The van der Waals surface area contributed by atoms with Gasteiger partial charge in [-0.05, 0) is 42.3 Å². The zero-order valence-electron chi connectivity index (χ0n) is 19.1. The van der Waals surface area contributed by atoms with Gasteiger partial charge in [0.2, 0.25) is 5.91 Å². The summed E-state index contributed by atoms with van der Waals surface area (Å²) in [7, 11) is 0. The lowest BCUT2D eigenvalue weighted by Gasteiger charge is -2.19. The molecule has 0 bridgehead atoms. The number of thioether (sulfide) groups is 1. The first-order valence-electron chi connectivity index (χ1n) is 10.7. The number of amides is 2. The van der Waals surface area contributed by atoms with Crippen molar-refractivity contribution < 1.29 is 9.59 Å². The van der Waals surface area contributed by atoms with E-state index in [1.54, 1.807) is 11.8 Å². The first kappa shape index (κ1) is 23.6. The monoisotopic (exact) mass is 446 g/mol. The Bertz CT molecular complexity index is 1100. The van der Waals surface area contributed by atoms with E-state index in [4.69, 9.17) is 0 Å². The van der Waals surface area contributed by atoms with Crippen LogP contribution >= 0.6 is 11.8 Å². The fourth-order valence-corrected chi connectivity index (χ4v) is 4.03. The summed E-state index contributed by atoms with van der Waals surface area (Å²) in [6.07, 6.45) is 0. The molecule has 0 radical (unpaired) electrons. The molecule has 0 aliphatic carbocycles. The highest BCUT2D eigenvalue weighted by Crippen LogP contribution is 2.31. The molecule has 0 aliphatic rings. The van der Waals surface area contributed by atoms with Crippen molar-refractivity contribution in [3.8, 4) is 0 Å². The normalized spacial score (nSPS) is 11.1. The lowest BCUT2D eigenvalue weighted by atomic mass is 9.95. The van der Waals surface area contributed by atoms with Crippen LogP contribution in [-0.2, 0) is 17.1 Å². The molecule has 0 unspecified atom stereocenters. The molecule has 166 valence electrons. The van der Waals surface area contributed by atoms with Gasteiger partial charge in [0.1, 0.15) is 0 Å². The number of hydrogen-bond acceptors (Lipinski definition) is 3. The van der Waals surface area contributed by atoms with E-state index in [2.05, 4.69) is 16.7 Å². The van der Waals surface area contributed by atoms with Gasteiger partial charge in [0, 0.05) is 28.2 Å². The number of carbonyl (C=O) groups excluding carboxylic acids is 2. The van der Waals surface area contributed by atoms with Crippen LogP contribution in [0.3, 0.4) is 0 Å². The Balaban J connectivity index is 1.63. The highest BCUT2D eigenvalue weighted by Gasteiger charge is 2.22. The van der Waals surface area contributed by atoms with Gasteiger partial charge in [-0.2, -0.15) is 0 Å². The average molecular weight is 447 g/mol. The van der Waals surface area contributed by atoms with Gasteiger partial charge in [-0.25, -0.2) is 0 Å². The van der Waals surface area contributed by atoms with Crippen LogP contribution in [0, 0.1) is 12.3 Å². The number of anilines is 1. The average Bonchev–Trinajstić information content (AvgIpc) is 2.76. The molecule has 3 rings (SSSR count). The quantitative estimate of drug-likeness (QED) is 0.425. The van der Waals surface area contributed by atoms with E-state index in [9.17, 15) is 9.59 Å². The lowest BCUT2D eigenvalue weighted by molar-refractivity contribution is -0.123. The van der Waals surface area contributed by atoms with E-state index < -0.39 is 5.41 Å². The van der Waals surface area contributed by atoms with Crippen molar-refractivity contribution in [1.82, 2.24) is 5.32 Å². The molecule has 2 N–H and O–H groups in total. The second-order valence-corrected chi connectivity index (χ2v) is 9.88. The van der Waals surface area contributed by atoms with E-state index >= 15 is 0 Å². The van der Waals surface area contributed by atoms with Crippen molar-refractivity contribution >= 4 is 29.3 Å². The summed E-state index contributed by atoms with van der Waals surface area (Å²) in [5.74, 6) is 0.593. The highest BCUT2D eigenvalue weighted by molar-refractivity contribution is 7.98. The predicted molar refractivity (Wildman–Crippen MR) is 133 cm³/mol. The number of aryl methyl sites for hydroxylation is 1. The summed E-state index contributed by atoms with van der Waals surface area (Å²) < 4.78 is 0. The summed E-state index contributed by atoms with van der Waals surface area (Å²) >= 11 is 1.64. The molecular weight excluding hydrogens is 416 g/mol. The molecule has 0 atom stereocenters.